The number of carbonyl (C=O) groups is 1. The van der Waals surface area contributed by atoms with E-state index < -0.39 is 6.36 Å². The lowest BCUT2D eigenvalue weighted by molar-refractivity contribution is -0.274. The number of nitrogens with one attached hydrogen (secondary N) is 1. The third-order valence-corrected chi connectivity index (χ3v) is 7.31. The lowest BCUT2D eigenvalue weighted by atomic mass is 9.89. The Morgan fingerprint density at radius 1 is 1.02 bits per heavy atom. The van der Waals surface area contributed by atoms with E-state index in [-0.39, 0.29) is 24.2 Å². The van der Waals surface area contributed by atoms with Gasteiger partial charge in [0, 0.05) is 46.1 Å². The number of fused-ring (bicyclic) bond motifs is 1. The summed E-state index contributed by atoms with van der Waals surface area (Å²) in [5.74, 6) is 0.403. The van der Waals surface area contributed by atoms with Crippen molar-refractivity contribution in [3.05, 3.63) is 88.5 Å². The van der Waals surface area contributed by atoms with Crippen LogP contribution in [0.2, 0.25) is 0 Å². The number of halogens is 4. The van der Waals surface area contributed by atoms with Crippen LogP contribution in [0.3, 0.4) is 0 Å². The van der Waals surface area contributed by atoms with Crippen molar-refractivity contribution in [2.24, 2.45) is 0 Å². The van der Waals surface area contributed by atoms with Crippen molar-refractivity contribution in [2.75, 3.05) is 29.9 Å². The van der Waals surface area contributed by atoms with Crippen molar-refractivity contribution >= 4 is 44.1 Å². The van der Waals surface area contributed by atoms with Crippen LogP contribution in [0.4, 0.5) is 24.5 Å². The van der Waals surface area contributed by atoms with E-state index in [1.165, 1.54) is 12.1 Å². The number of hydrogen-bond donors (Lipinski definition) is 1. The zero-order valence-corrected chi connectivity index (χ0v) is 23.3. The first kappa shape index (κ1) is 27.8. The summed E-state index contributed by atoms with van der Waals surface area (Å²) < 4.78 is 47.9. The van der Waals surface area contributed by atoms with Gasteiger partial charge in [-0.2, -0.15) is 0 Å². The smallest absolute Gasteiger partial charge is 0.483 e. The number of benzene rings is 3. The molecule has 5 rings (SSSR count). The van der Waals surface area contributed by atoms with Gasteiger partial charge in [-0.1, -0.05) is 28.1 Å². The summed E-state index contributed by atoms with van der Waals surface area (Å²) in [6.45, 7) is 3.39. The number of aryl methyl sites for hydroxylation is 1. The molecule has 208 valence electrons. The molecule has 0 unspecified atom stereocenters. The molecule has 1 aliphatic heterocycles. The van der Waals surface area contributed by atoms with E-state index in [0.717, 1.165) is 58.3 Å². The molecule has 40 heavy (non-hydrogen) atoms. The quantitative estimate of drug-likeness (QED) is 0.232. The Kier molecular flexibility index (Phi) is 8.16. The first-order valence-corrected chi connectivity index (χ1v) is 13.6. The van der Waals surface area contributed by atoms with Crippen LogP contribution in [0.5, 0.6) is 11.5 Å². The summed E-state index contributed by atoms with van der Waals surface area (Å²) in [7, 11) is 0. The number of carbonyl (C=O) groups excluding carboxylic acids is 1. The average Bonchev–Trinajstić information content (AvgIpc) is 2.92. The molecule has 0 spiro atoms. The molecule has 4 aromatic rings. The minimum absolute atomic E-state index is 0.135. The number of aromatic nitrogens is 1. The van der Waals surface area contributed by atoms with Crippen molar-refractivity contribution in [3.63, 3.8) is 0 Å². The predicted molar refractivity (Wildman–Crippen MR) is 152 cm³/mol. The number of hydrogen-bond acceptors (Lipinski definition) is 5. The first-order chi connectivity index (χ1) is 19.1. The van der Waals surface area contributed by atoms with Gasteiger partial charge in [0.05, 0.1) is 5.52 Å². The summed E-state index contributed by atoms with van der Waals surface area (Å²) in [5.41, 5.74) is 4.33. The van der Waals surface area contributed by atoms with Gasteiger partial charge in [0.25, 0.3) is 5.91 Å². The minimum atomic E-state index is -4.69. The molecule has 3 aromatic carbocycles. The van der Waals surface area contributed by atoms with Crippen LogP contribution in [-0.2, 0) is 4.79 Å². The molecular formula is C30H27BrF3N3O3. The van der Waals surface area contributed by atoms with Gasteiger partial charge in [-0.05, 0) is 85.8 Å². The lowest BCUT2D eigenvalue weighted by Crippen LogP contribution is -2.32. The zero-order chi connectivity index (χ0) is 28.3. The average molecular weight is 614 g/mol. The molecule has 2 heterocycles. The van der Waals surface area contributed by atoms with Gasteiger partial charge in [-0.15, -0.1) is 13.2 Å². The van der Waals surface area contributed by atoms with Gasteiger partial charge in [-0.25, -0.2) is 0 Å². The van der Waals surface area contributed by atoms with Gasteiger partial charge in [0.2, 0.25) is 0 Å². The SMILES string of the molecule is Cc1cc(OCC(=O)Nc2ccc(N3CCC(c4ccc(OC(F)(F)F)cc4)CC3)cc2)c2cc(Br)ccc2n1. The number of anilines is 2. The summed E-state index contributed by atoms with van der Waals surface area (Å²) >= 11 is 3.47. The fourth-order valence-electron chi connectivity index (χ4n) is 4.92. The van der Waals surface area contributed by atoms with Gasteiger partial charge < -0.3 is 19.7 Å². The van der Waals surface area contributed by atoms with E-state index in [1.54, 1.807) is 12.1 Å². The normalized spacial score (nSPS) is 14.3. The van der Waals surface area contributed by atoms with E-state index in [9.17, 15) is 18.0 Å². The minimum Gasteiger partial charge on any atom is -0.483 e. The molecule has 10 heteroatoms. The third kappa shape index (κ3) is 7.04. The number of amides is 1. The Hall–Kier alpha value is -3.79. The maximum Gasteiger partial charge on any atom is 0.573 e. The van der Waals surface area contributed by atoms with Crippen LogP contribution in [0.25, 0.3) is 10.9 Å². The molecule has 0 saturated carbocycles. The molecule has 1 amide bonds. The molecule has 0 atom stereocenters. The van der Waals surface area contributed by atoms with Crippen LogP contribution < -0.4 is 19.7 Å². The lowest BCUT2D eigenvalue weighted by Gasteiger charge is -2.34. The second kappa shape index (κ2) is 11.8. The molecule has 0 radical (unpaired) electrons. The Bertz CT molecular complexity index is 1490. The van der Waals surface area contributed by atoms with Crippen LogP contribution in [0, 0.1) is 6.92 Å². The fourth-order valence-corrected chi connectivity index (χ4v) is 5.28. The van der Waals surface area contributed by atoms with E-state index >= 15 is 0 Å². The highest BCUT2D eigenvalue weighted by atomic mass is 79.9. The van der Waals surface area contributed by atoms with E-state index in [2.05, 4.69) is 35.9 Å². The second-order valence-electron chi connectivity index (χ2n) is 9.69. The standard InChI is InChI=1S/C30H27BrF3N3O3/c1-19-16-28(26-17-22(31)4-11-27(26)35-19)39-18-29(38)36-23-5-7-24(8-6-23)37-14-12-21(13-15-37)20-2-9-25(10-3-20)40-30(32,33)34/h2-11,16-17,21H,12-15,18H2,1H3,(H,36,38). The summed E-state index contributed by atoms with van der Waals surface area (Å²) in [6, 6.07) is 21.4. The van der Waals surface area contributed by atoms with Crippen LogP contribution >= 0.6 is 15.9 Å². The zero-order valence-electron chi connectivity index (χ0n) is 21.7. The van der Waals surface area contributed by atoms with Gasteiger partial charge in [0.15, 0.2) is 6.61 Å². The van der Waals surface area contributed by atoms with Crippen molar-refractivity contribution < 1.29 is 27.4 Å². The molecule has 0 aliphatic carbocycles. The monoisotopic (exact) mass is 613 g/mol. The third-order valence-electron chi connectivity index (χ3n) is 6.82. The number of pyridine rings is 1. The van der Waals surface area contributed by atoms with Crippen molar-refractivity contribution in [2.45, 2.75) is 32.0 Å². The number of alkyl halides is 3. The van der Waals surface area contributed by atoms with Crippen LogP contribution in [0.1, 0.15) is 30.0 Å². The molecule has 1 aromatic heterocycles. The molecule has 1 saturated heterocycles. The molecule has 6 nitrogen and oxygen atoms in total. The summed E-state index contributed by atoms with van der Waals surface area (Å²) in [4.78, 5) is 19.4. The molecule has 1 fully saturated rings. The van der Waals surface area contributed by atoms with Crippen molar-refractivity contribution in [3.8, 4) is 11.5 Å². The molecular weight excluding hydrogens is 587 g/mol. The second-order valence-corrected chi connectivity index (χ2v) is 10.6. The topological polar surface area (TPSA) is 63.7 Å². The van der Waals surface area contributed by atoms with E-state index in [1.807, 2.05) is 55.5 Å². The Labute approximate surface area is 238 Å². The van der Waals surface area contributed by atoms with E-state index in [4.69, 9.17) is 4.74 Å². The fraction of sp³-hybridized carbons (Fsp3) is 0.267. The van der Waals surface area contributed by atoms with Gasteiger partial charge >= 0.3 is 6.36 Å². The van der Waals surface area contributed by atoms with Gasteiger partial charge in [-0.3, -0.25) is 9.78 Å². The van der Waals surface area contributed by atoms with Gasteiger partial charge in [0.1, 0.15) is 11.5 Å². The maximum atomic E-state index is 12.6. The maximum absolute atomic E-state index is 12.6. The van der Waals surface area contributed by atoms with Crippen LogP contribution in [0.15, 0.2) is 77.3 Å². The summed E-state index contributed by atoms with van der Waals surface area (Å²) in [5, 5.41) is 3.70. The highest BCUT2D eigenvalue weighted by Gasteiger charge is 2.31. The summed E-state index contributed by atoms with van der Waals surface area (Å²) in [6.07, 6.45) is -2.92. The van der Waals surface area contributed by atoms with Crippen molar-refractivity contribution in [1.29, 1.82) is 0 Å². The highest BCUT2D eigenvalue weighted by molar-refractivity contribution is 9.10. The highest BCUT2D eigenvalue weighted by Crippen LogP contribution is 2.33. The number of piperidine rings is 1. The Morgan fingerprint density at radius 2 is 1.73 bits per heavy atom. The number of ether oxygens (including phenoxy) is 2. The molecule has 1 N–H and O–H groups in total. The predicted octanol–water partition coefficient (Wildman–Crippen LogP) is 7.61. The first-order valence-electron chi connectivity index (χ1n) is 12.8. The van der Waals surface area contributed by atoms with E-state index in [0.29, 0.717) is 11.4 Å². The number of rotatable bonds is 7. The molecule has 0 bridgehead atoms. The Morgan fingerprint density at radius 3 is 2.40 bits per heavy atom. The van der Waals surface area contributed by atoms with Crippen molar-refractivity contribution in [1.82, 2.24) is 4.98 Å². The number of nitrogens with zero attached hydrogens (tertiary/aromatic N) is 2. The Balaban J connectivity index is 1.12. The largest absolute Gasteiger partial charge is 0.573 e. The molecule has 1 aliphatic rings. The van der Waals surface area contributed by atoms with Crippen LogP contribution in [-0.4, -0.2) is 36.9 Å².